The number of hydrogen-bond acceptors (Lipinski definition) is 6. The van der Waals surface area contributed by atoms with Gasteiger partial charge in [-0.25, -0.2) is 0 Å². The van der Waals surface area contributed by atoms with Gasteiger partial charge in [-0.05, 0) is 25.1 Å². The van der Waals surface area contributed by atoms with Gasteiger partial charge in [0.1, 0.15) is 23.2 Å². The van der Waals surface area contributed by atoms with Crippen LogP contribution in [0.4, 0.5) is 0 Å². The molecule has 122 valence electrons. The number of carboxylic acids is 2. The van der Waals surface area contributed by atoms with Gasteiger partial charge in [0.05, 0.1) is 17.5 Å². The van der Waals surface area contributed by atoms with Crippen molar-refractivity contribution in [3.63, 3.8) is 0 Å². The number of furan rings is 1. The van der Waals surface area contributed by atoms with Crippen LogP contribution < -0.4 is 14.9 Å². The van der Waals surface area contributed by atoms with Gasteiger partial charge in [-0.2, -0.15) is 0 Å². The van der Waals surface area contributed by atoms with Crippen molar-refractivity contribution in [1.29, 1.82) is 0 Å². The van der Waals surface area contributed by atoms with E-state index in [2.05, 4.69) is 0 Å². The van der Waals surface area contributed by atoms with Crippen LogP contribution in [0.2, 0.25) is 0 Å². The first-order valence-electron chi connectivity index (χ1n) is 7.18. The predicted octanol–water partition coefficient (Wildman–Crippen LogP) is 0.980. The summed E-state index contributed by atoms with van der Waals surface area (Å²) in [4.78, 5) is 22.4. The van der Waals surface area contributed by atoms with Crippen molar-refractivity contribution >= 4 is 22.9 Å². The minimum Gasteiger partial charge on any atom is -0.546 e. The maximum Gasteiger partial charge on any atom is 0.144 e. The number of fused-ring (bicyclic) bond motifs is 1. The van der Waals surface area contributed by atoms with Crippen LogP contribution in [0.15, 0.2) is 52.9 Å². The zero-order chi connectivity index (χ0) is 17.3. The first-order valence-corrected chi connectivity index (χ1v) is 7.18. The van der Waals surface area contributed by atoms with Crippen molar-refractivity contribution in [2.75, 3.05) is 0 Å². The van der Waals surface area contributed by atoms with Gasteiger partial charge in [0.2, 0.25) is 0 Å². The fraction of sp³-hybridized carbons (Fsp3) is 0.111. The summed E-state index contributed by atoms with van der Waals surface area (Å²) in [5.41, 5.74) is 0.822. The number of hydrogen-bond donors (Lipinski definition) is 0. The van der Waals surface area contributed by atoms with Crippen LogP contribution in [0.5, 0.6) is 5.75 Å². The molecular formula is C18H12O6-2. The molecule has 0 saturated carbocycles. The van der Waals surface area contributed by atoms with Crippen molar-refractivity contribution in [1.82, 2.24) is 0 Å². The summed E-state index contributed by atoms with van der Waals surface area (Å²) in [7, 11) is 0. The van der Waals surface area contributed by atoms with Crippen LogP contribution in [-0.2, 0) is 4.79 Å². The monoisotopic (exact) mass is 324 g/mol. The van der Waals surface area contributed by atoms with Gasteiger partial charge in [-0.1, -0.05) is 30.3 Å². The summed E-state index contributed by atoms with van der Waals surface area (Å²) in [6, 6.07) is 13.2. The summed E-state index contributed by atoms with van der Waals surface area (Å²) < 4.78 is 10.9. The largest absolute Gasteiger partial charge is 0.546 e. The molecule has 0 unspecified atom stereocenters. The normalized spacial score (nSPS) is 12.0. The molecule has 24 heavy (non-hydrogen) atoms. The Morgan fingerprint density at radius 2 is 1.79 bits per heavy atom. The van der Waals surface area contributed by atoms with Gasteiger partial charge in [0, 0.05) is 10.9 Å². The standard InChI is InChI=1S/C18H14O6/c1-10(17(19)20)23-12-7-8-14-13(9-12)15(18(21)22)16(24-14)11-5-3-2-4-6-11/h2-10H,1H3,(H,19,20)(H,21,22)/p-2/t10-/m0/s1. The molecule has 1 aromatic heterocycles. The molecule has 0 saturated heterocycles. The van der Waals surface area contributed by atoms with Crippen LogP contribution in [0.25, 0.3) is 22.3 Å². The van der Waals surface area contributed by atoms with Crippen molar-refractivity contribution in [2.24, 2.45) is 0 Å². The highest BCUT2D eigenvalue weighted by atomic mass is 16.5. The maximum atomic E-state index is 11.6. The third kappa shape index (κ3) is 2.81. The Hall–Kier alpha value is -3.28. The molecule has 0 bridgehead atoms. The number of rotatable bonds is 5. The summed E-state index contributed by atoms with van der Waals surface area (Å²) in [6.45, 7) is 1.32. The zero-order valence-electron chi connectivity index (χ0n) is 12.6. The van der Waals surface area contributed by atoms with E-state index in [-0.39, 0.29) is 22.5 Å². The highest BCUT2D eigenvalue weighted by molar-refractivity contribution is 6.07. The Morgan fingerprint density at radius 3 is 2.42 bits per heavy atom. The fourth-order valence-corrected chi connectivity index (χ4v) is 2.40. The Balaban J connectivity index is 2.14. The van der Waals surface area contributed by atoms with Gasteiger partial charge < -0.3 is 29.0 Å². The third-order valence-electron chi connectivity index (χ3n) is 3.54. The minimum atomic E-state index is -1.39. The van der Waals surface area contributed by atoms with Crippen molar-refractivity contribution < 1.29 is 29.0 Å². The quantitative estimate of drug-likeness (QED) is 0.693. The van der Waals surface area contributed by atoms with E-state index >= 15 is 0 Å². The third-order valence-corrected chi connectivity index (χ3v) is 3.54. The molecule has 6 nitrogen and oxygen atoms in total. The van der Waals surface area contributed by atoms with Gasteiger partial charge in [0.15, 0.2) is 0 Å². The van der Waals surface area contributed by atoms with E-state index in [4.69, 9.17) is 9.15 Å². The molecule has 6 heteroatoms. The molecule has 0 aliphatic rings. The van der Waals surface area contributed by atoms with Crippen molar-refractivity contribution in [2.45, 2.75) is 13.0 Å². The van der Waals surface area contributed by atoms with Gasteiger partial charge >= 0.3 is 0 Å². The molecule has 3 rings (SSSR count). The van der Waals surface area contributed by atoms with Crippen molar-refractivity contribution in [3.05, 3.63) is 54.1 Å². The lowest BCUT2D eigenvalue weighted by Gasteiger charge is -2.15. The topological polar surface area (TPSA) is 103 Å². The molecule has 2 aromatic carbocycles. The lowest BCUT2D eigenvalue weighted by molar-refractivity contribution is -0.312. The minimum absolute atomic E-state index is 0.109. The van der Waals surface area contributed by atoms with Crippen LogP contribution in [0, 0.1) is 0 Å². The van der Waals surface area contributed by atoms with Crippen molar-refractivity contribution in [3.8, 4) is 17.1 Å². The van der Waals surface area contributed by atoms with E-state index in [9.17, 15) is 19.8 Å². The van der Waals surface area contributed by atoms with E-state index in [0.29, 0.717) is 11.1 Å². The Morgan fingerprint density at radius 1 is 1.08 bits per heavy atom. The van der Waals surface area contributed by atoms with E-state index in [1.54, 1.807) is 30.3 Å². The van der Waals surface area contributed by atoms with Crippen LogP contribution >= 0.6 is 0 Å². The predicted molar refractivity (Wildman–Crippen MR) is 81.1 cm³/mol. The molecule has 0 aliphatic heterocycles. The molecule has 0 N–H and O–H groups in total. The Labute approximate surface area is 136 Å². The lowest BCUT2D eigenvalue weighted by Crippen LogP contribution is -2.37. The molecule has 1 heterocycles. The summed E-state index contributed by atoms with van der Waals surface area (Å²) in [6.07, 6.45) is -1.17. The second-order valence-corrected chi connectivity index (χ2v) is 5.20. The second kappa shape index (κ2) is 6.08. The SMILES string of the molecule is C[C@H](Oc1ccc2oc(-c3ccccc3)c(C(=O)[O-])c2c1)C(=O)[O-]. The molecule has 0 radical (unpaired) electrons. The number of carboxylic acid groups (broad SMARTS) is 2. The number of benzene rings is 2. The molecule has 1 atom stereocenters. The van der Waals surface area contributed by atoms with Crippen LogP contribution in [-0.4, -0.2) is 18.0 Å². The van der Waals surface area contributed by atoms with Crippen LogP contribution in [0.1, 0.15) is 17.3 Å². The first-order chi connectivity index (χ1) is 11.5. The lowest BCUT2D eigenvalue weighted by atomic mass is 10.1. The van der Waals surface area contributed by atoms with Gasteiger partial charge in [-0.3, -0.25) is 0 Å². The van der Waals surface area contributed by atoms with Crippen LogP contribution in [0.3, 0.4) is 0 Å². The Bertz CT molecular complexity index is 910. The highest BCUT2D eigenvalue weighted by Gasteiger charge is 2.18. The van der Waals surface area contributed by atoms with E-state index in [1.165, 1.54) is 25.1 Å². The molecule has 0 fully saturated rings. The maximum absolute atomic E-state index is 11.6. The zero-order valence-corrected chi connectivity index (χ0v) is 12.6. The van der Waals surface area contributed by atoms with E-state index < -0.39 is 18.0 Å². The fourth-order valence-electron chi connectivity index (χ4n) is 2.40. The molecule has 0 spiro atoms. The first kappa shape index (κ1) is 15.6. The second-order valence-electron chi connectivity index (χ2n) is 5.20. The number of aliphatic carboxylic acids is 1. The summed E-state index contributed by atoms with van der Waals surface area (Å²) in [5.74, 6) is -2.39. The van der Waals surface area contributed by atoms with Gasteiger partial charge in [-0.15, -0.1) is 0 Å². The smallest absolute Gasteiger partial charge is 0.144 e. The molecular weight excluding hydrogens is 312 g/mol. The molecule has 0 amide bonds. The molecule has 3 aromatic rings. The number of carbonyl (C=O) groups is 2. The summed E-state index contributed by atoms with van der Waals surface area (Å²) in [5, 5.41) is 22.6. The van der Waals surface area contributed by atoms with E-state index in [0.717, 1.165) is 0 Å². The average Bonchev–Trinajstić information content (AvgIpc) is 2.94. The number of carbonyl (C=O) groups excluding carboxylic acids is 2. The highest BCUT2D eigenvalue weighted by Crippen LogP contribution is 2.35. The average molecular weight is 324 g/mol. The number of ether oxygens (including phenoxy) is 1. The number of aromatic carboxylic acids is 1. The van der Waals surface area contributed by atoms with E-state index in [1.807, 2.05) is 0 Å². The Kier molecular flexibility index (Phi) is 3.95. The van der Waals surface area contributed by atoms with Gasteiger partial charge in [0.25, 0.3) is 0 Å². The molecule has 0 aliphatic carbocycles. The summed E-state index contributed by atoms with van der Waals surface area (Å²) >= 11 is 0.